The van der Waals surface area contributed by atoms with Crippen molar-refractivity contribution in [2.75, 3.05) is 0 Å². The van der Waals surface area contributed by atoms with Crippen molar-refractivity contribution in [3.05, 3.63) is 58.8 Å². The first-order chi connectivity index (χ1) is 13.6. The number of aryl methyl sites for hydroxylation is 1. The smallest absolute Gasteiger partial charge is 0.236 e. The van der Waals surface area contributed by atoms with Crippen LogP contribution in [0.4, 0.5) is 30.7 Å². The molecule has 2 aromatic carbocycles. The molecule has 0 N–H and O–H groups in total. The molecule has 4 rings (SSSR count). The van der Waals surface area contributed by atoms with Gasteiger partial charge in [-0.05, 0) is 42.5 Å². The van der Waals surface area contributed by atoms with Crippen molar-refractivity contribution >= 4 is 27.2 Å². The molecule has 0 aliphatic rings. The van der Waals surface area contributed by atoms with Crippen molar-refractivity contribution in [1.29, 1.82) is 0 Å². The molecular weight excluding hydrogens is 401 g/mol. The molecule has 0 spiro atoms. The Morgan fingerprint density at radius 2 is 1.69 bits per heavy atom. The van der Waals surface area contributed by atoms with Crippen molar-refractivity contribution in [3.8, 4) is 0 Å². The van der Waals surface area contributed by atoms with Crippen LogP contribution < -0.4 is 0 Å². The number of halogens is 7. The van der Waals surface area contributed by atoms with E-state index in [1.807, 2.05) is 6.92 Å². The van der Waals surface area contributed by atoms with Crippen LogP contribution in [-0.2, 0) is 12.6 Å². The highest BCUT2D eigenvalue weighted by atomic mass is 19.4. The highest BCUT2D eigenvalue weighted by Gasteiger charge is 2.42. The lowest BCUT2D eigenvalue weighted by molar-refractivity contribution is -0.142. The lowest BCUT2D eigenvalue weighted by atomic mass is 10.0. The Morgan fingerprint density at radius 3 is 2.34 bits per heavy atom. The Kier molecular flexibility index (Phi) is 4.43. The van der Waals surface area contributed by atoms with E-state index in [4.69, 9.17) is 0 Å². The standard InChI is InChI=1S/C20H13F7N2/c1-2-3-4-11-8-9-7-10(21)5-6-12(9)19-13-15(22)16(23)14(20(25,26)27)17(24)18(13)28-29(11)19/h5-8H,2-4H2,1H3. The predicted octanol–water partition coefficient (Wildman–Crippen LogP) is 6.56. The van der Waals surface area contributed by atoms with Gasteiger partial charge in [0, 0.05) is 11.1 Å². The minimum Gasteiger partial charge on any atom is -0.236 e. The van der Waals surface area contributed by atoms with Gasteiger partial charge in [0.25, 0.3) is 0 Å². The van der Waals surface area contributed by atoms with Gasteiger partial charge in [0.2, 0.25) is 0 Å². The normalized spacial score (nSPS) is 12.6. The van der Waals surface area contributed by atoms with Gasteiger partial charge in [0.1, 0.15) is 16.9 Å². The fraction of sp³-hybridized carbons (Fsp3) is 0.250. The van der Waals surface area contributed by atoms with E-state index in [2.05, 4.69) is 5.10 Å². The van der Waals surface area contributed by atoms with Crippen molar-refractivity contribution in [3.63, 3.8) is 0 Å². The molecule has 2 nitrogen and oxygen atoms in total. The number of fused-ring (bicyclic) bond motifs is 5. The van der Waals surface area contributed by atoms with Crippen LogP contribution in [-0.4, -0.2) is 9.61 Å². The highest BCUT2D eigenvalue weighted by Crippen LogP contribution is 2.40. The van der Waals surface area contributed by atoms with Gasteiger partial charge in [-0.15, -0.1) is 0 Å². The van der Waals surface area contributed by atoms with Gasteiger partial charge in [-0.1, -0.05) is 13.3 Å². The maximum atomic E-state index is 14.8. The minimum absolute atomic E-state index is 0.104. The van der Waals surface area contributed by atoms with Crippen molar-refractivity contribution < 1.29 is 30.7 Å². The summed E-state index contributed by atoms with van der Waals surface area (Å²) in [6.45, 7) is 1.90. The first-order valence-corrected chi connectivity index (χ1v) is 8.82. The van der Waals surface area contributed by atoms with Gasteiger partial charge in [-0.25, -0.2) is 22.1 Å². The zero-order valence-electron chi connectivity index (χ0n) is 15.0. The van der Waals surface area contributed by atoms with Crippen LogP contribution in [0.15, 0.2) is 24.3 Å². The Balaban J connectivity index is 2.24. The number of benzene rings is 2. The van der Waals surface area contributed by atoms with Crippen LogP contribution >= 0.6 is 0 Å². The zero-order valence-corrected chi connectivity index (χ0v) is 15.0. The molecule has 0 amide bonds. The van der Waals surface area contributed by atoms with Gasteiger partial charge >= 0.3 is 6.18 Å². The monoisotopic (exact) mass is 414 g/mol. The van der Waals surface area contributed by atoms with E-state index in [0.717, 1.165) is 23.1 Å². The summed E-state index contributed by atoms with van der Waals surface area (Å²) in [5.41, 5.74) is -2.93. The lowest BCUT2D eigenvalue weighted by Crippen LogP contribution is -2.13. The third-order valence-electron chi connectivity index (χ3n) is 4.88. The summed E-state index contributed by atoms with van der Waals surface area (Å²) < 4.78 is 97.7. The van der Waals surface area contributed by atoms with Crippen LogP contribution in [0.1, 0.15) is 31.0 Å². The molecule has 4 aromatic rings. The molecule has 0 aliphatic carbocycles. The Morgan fingerprint density at radius 1 is 0.966 bits per heavy atom. The molecule has 0 fully saturated rings. The van der Waals surface area contributed by atoms with Crippen molar-refractivity contribution in [2.45, 2.75) is 32.4 Å². The van der Waals surface area contributed by atoms with Crippen molar-refractivity contribution in [1.82, 2.24) is 9.61 Å². The first-order valence-electron chi connectivity index (χ1n) is 8.82. The summed E-state index contributed by atoms with van der Waals surface area (Å²) in [6.07, 6.45) is -3.64. The van der Waals surface area contributed by atoms with E-state index in [1.54, 1.807) is 6.07 Å². The van der Waals surface area contributed by atoms with Crippen LogP contribution in [0.3, 0.4) is 0 Å². The number of aromatic nitrogens is 2. The number of alkyl halides is 3. The molecule has 2 heterocycles. The van der Waals surface area contributed by atoms with Crippen LogP contribution in [0.25, 0.3) is 27.2 Å². The SMILES string of the molecule is CCCCc1cc2cc(F)ccc2c2c3c(F)c(F)c(C(F)(F)F)c(F)c3nn12. The summed E-state index contributed by atoms with van der Waals surface area (Å²) in [6, 6.07) is 5.07. The number of pyridine rings is 1. The molecule has 29 heavy (non-hydrogen) atoms. The van der Waals surface area contributed by atoms with Gasteiger partial charge in [-0.2, -0.15) is 18.3 Å². The quantitative estimate of drug-likeness (QED) is 0.274. The predicted molar refractivity (Wildman–Crippen MR) is 93.7 cm³/mol. The molecule has 0 radical (unpaired) electrons. The largest absolute Gasteiger partial charge is 0.422 e. The fourth-order valence-corrected chi connectivity index (χ4v) is 3.56. The molecule has 0 saturated heterocycles. The minimum atomic E-state index is -5.44. The second kappa shape index (κ2) is 6.60. The fourth-order valence-electron chi connectivity index (χ4n) is 3.56. The van der Waals surface area contributed by atoms with E-state index in [9.17, 15) is 30.7 Å². The molecule has 0 saturated carbocycles. The molecule has 2 aromatic heterocycles. The van der Waals surface area contributed by atoms with Crippen LogP contribution in [0.2, 0.25) is 0 Å². The van der Waals surface area contributed by atoms with Crippen molar-refractivity contribution in [2.24, 2.45) is 0 Å². The maximum absolute atomic E-state index is 14.8. The summed E-state index contributed by atoms with van der Waals surface area (Å²) in [5.74, 6) is -6.73. The summed E-state index contributed by atoms with van der Waals surface area (Å²) >= 11 is 0. The van der Waals surface area contributed by atoms with Gasteiger partial charge < -0.3 is 0 Å². The summed E-state index contributed by atoms with van der Waals surface area (Å²) in [5, 5.41) is 3.69. The lowest BCUT2D eigenvalue weighted by Gasteiger charge is -2.10. The number of rotatable bonds is 3. The van der Waals surface area contributed by atoms with Crippen LogP contribution in [0, 0.1) is 23.3 Å². The third kappa shape index (κ3) is 2.90. The number of hydrogen-bond acceptors (Lipinski definition) is 1. The van der Waals surface area contributed by atoms with E-state index in [0.29, 0.717) is 23.9 Å². The Labute approximate surface area is 159 Å². The average molecular weight is 414 g/mol. The highest BCUT2D eigenvalue weighted by molar-refractivity contribution is 6.10. The van der Waals surface area contributed by atoms with Gasteiger partial charge in [0.05, 0.1) is 10.9 Å². The topological polar surface area (TPSA) is 17.3 Å². The van der Waals surface area contributed by atoms with E-state index >= 15 is 0 Å². The number of unbranched alkanes of at least 4 members (excludes halogenated alkanes) is 1. The summed E-state index contributed by atoms with van der Waals surface area (Å²) in [7, 11) is 0. The second-order valence-electron chi connectivity index (χ2n) is 6.77. The first kappa shape index (κ1) is 19.5. The molecule has 0 atom stereocenters. The van der Waals surface area contributed by atoms with Crippen LogP contribution in [0.5, 0.6) is 0 Å². The Bertz CT molecular complexity index is 1270. The molecular formula is C20H13F7N2. The number of hydrogen-bond donors (Lipinski definition) is 0. The number of nitrogens with zero attached hydrogens (tertiary/aromatic N) is 2. The van der Waals surface area contributed by atoms with Gasteiger partial charge in [0.15, 0.2) is 17.5 Å². The van der Waals surface area contributed by atoms with E-state index in [-0.39, 0.29) is 10.9 Å². The zero-order chi connectivity index (χ0) is 21.1. The molecule has 152 valence electrons. The third-order valence-corrected chi connectivity index (χ3v) is 4.88. The Hall–Kier alpha value is -2.84. The average Bonchev–Trinajstić information content (AvgIpc) is 3.04. The second-order valence-corrected chi connectivity index (χ2v) is 6.77. The molecule has 0 bridgehead atoms. The molecule has 0 unspecified atom stereocenters. The summed E-state index contributed by atoms with van der Waals surface area (Å²) in [4.78, 5) is 0. The van der Waals surface area contributed by atoms with E-state index < -0.39 is 45.9 Å². The maximum Gasteiger partial charge on any atom is 0.422 e. The molecule has 0 aliphatic heterocycles. The van der Waals surface area contributed by atoms with E-state index in [1.165, 1.54) is 6.07 Å². The van der Waals surface area contributed by atoms with Gasteiger partial charge in [-0.3, -0.25) is 0 Å². The molecule has 9 heteroatoms.